The SMILES string of the molecule is CCOC(=O)C1CCN(C(=S)Sc2c(-c3ccc(Br)cc3)n(C)c3ccccc23)CC1. The Hall–Kier alpha value is -1.83. The number of piperidine rings is 1. The van der Waals surface area contributed by atoms with Crippen molar-refractivity contribution >= 4 is 61.1 Å². The summed E-state index contributed by atoms with van der Waals surface area (Å²) in [6.45, 7) is 3.86. The first-order valence-electron chi connectivity index (χ1n) is 10.5. The number of thiocarbonyl (C=S) groups is 1. The monoisotopic (exact) mass is 516 g/mol. The van der Waals surface area contributed by atoms with E-state index in [0.717, 1.165) is 40.3 Å². The molecule has 7 heteroatoms. The quantitative estimate of drug-likeness (QED) is 0.232. The van der Waals surface area contributed by atoms with Crippen LogP contribution in [0.2, 0.25) is 0 Å². The lowest BCUT2D eigenvalue weighted by atomic mass is 9.97. The molecule has 2 heterocycles. The normalized spacial score (nSPS) is 14.7. The van der Waals surface area contributed by atoms with Crippen LogP contribution in [0.15, 0.2) is 57.9 Å². The second-order valence-electron chi connectivity index (χ2n) is 7.64. The molecule has 0 unspecified atom stereocenters. The van der Waals surface area contributed by atoms with E-state index in [-0.39, 0.29) is 11.9 Å². The lowest BCUT2D eigenvalue weighted by molar-refractivity contribution is -0.149. The molecule has 3 aromatic rings. The van der Waals surface area contributed by atoms with E-state index in [9.17, 15) is 4.79 Å². The summed E-state index contributed by atoms with van der Waals surface area (Å²) in [5.41, 5.74) is 3.52. The third-order valence-corrected chi connectivity index (χ3v) is 7.83. The molecular formula is C24H25BrN2O2S2. The lowest BCUT2D eigenvalue weighted by Crippen LogP contribution is -2.38. The molecule has 1 aromatic heterocycles. The number of fused-ring (bicyclic) bond motifs is 1. The third-order valence-electron chi connectivity index (χ3n) is 5.74. The number of benzene rings is 2. The minimum Gasteiger partial charge on any atom is -0.466 e. The number of para-hydroxylation sites is 1. The third kappa shape index (κ3) is 4.69. The Morgan fingerprint density at radius 1 is 1.16 bits per heavy atom. The Kier molecular flexibility index (Phi) is 7.04. The topological polar surface area (TPSA) is 34.5 Å². The van der Waals surface area contributed by atoms with Gasteiger partial charge < -0.3 is 14.2 Å². The maximum absolute atomic E-state index is 12.1. The number of carbonyl (C=O) groups is 1. The predicted octanol–water partition coefficient (Wildman–Crippen LogP) is 6.26. The smallest absolute Gasteiger partial charge is 0.309 e. The van der Waals surface area contributed by atoms with Crippen LogP contribution in [0.5, 0.6) is 0 Å². The summed E-state index contributed by atoms with van der Waals surface area (Å²) in [6.07, 6.45) is 1.57. The number of rotatable bonds is 4. The highest BCUT2D eigenvalue weighted by Crippen LogP contribution is 2.41. The molecule has 1 aliphatic rings. The number of hydrogen-bond acceptors (Lipinski definition) is 4. The van der Waals surface area contributed by atoms with Crippen molar-refractivity contribution in [2.75, 3.05) is 19.7 Å². The molecule has 31 heavy (non-hydrogen) atoms. The van der Waals surface area contributed by atoms with E-state index in [0.29, 0.717) is 6.61 Å². The molecule has 0 atom stereocenters. The molecular weight excluding hydrogens is 492 g/mol. The van der Waals surface area contributed by atoms with E-state index in [1.54, 1.807) is 11.8 Å². The van der Waals surface area contributed by atoms with Gasteiger partial charge in [0.25, 0.3) is 0 Å². The summed E-state index contributed by atoms with van der Waals surface area (Å²) in [5.74, 6) is -0.0906. The van der Waals surface area contributed by atoms with Gasteiger partial charge >= 0.3 is 5.97 Å². The fourth-order valence-corrected chi connectivity index (χ4v) is 5.92. The Labute approximate surface area is 201 Å². The molecule has 0 radical (unpaired) electrons. The number of aromatic nitrogens is 1. The first-order valence-corrected chi connectivity index (χ1v) is 12.5. The van der Waals surface area contributed by atoms with Gasteiger partial charge in [0.1, 0.15) is 4.32 Å². The van der Waals surface area contributed by atoms with Gasteiger partial charge in [-0.05, 0) is 43.5 Å². The van der Waals surface area contributed by atoms with Crippen LogP contribution in [0.25, 0.3) is 22.2 Å². The summed E-state index contributed by atoms with van der Waals surface area (Å²) >= 11 is 11.1. The van der Waals surface area contributed by atoms with Gasteiger partial charge in [-0.2, -0.15) is 0 Å². The van der Waals surface area contributed by atoms with E-state index < -0.39 is 0 Å². The maximum atomic E-state index is 12.1. The highest BCUT2D eigenvalue weighted by molar-refractivity contribution is 9.10. The number of aryl methyl sites for hydroxylation is 1. The Morgan fingerprint density at radius 3 is 2.52 bits per heavy atom. The summed E-state index contributed by atoms with van der Waals surface area (Å²) in [5, 5.41) is 1.21. The minimum absolute atomic E-state index is 0.0140. The number of nitrogens with zero attached hydrogens (tertiary/aromatic N) is 2. The van der Waals surface area contributed by atoms with Crippen molar-refractivity contribution in [1.29, 1.82) is 0 Å². The van der Waals surface area contributed by atoms with Crippen LogP contribution in [0.3, 0.4) is 0 Å². The Balaban J connectivity index is 1.60. The van der Waals surface area contributed by atoms with Gasteiger partial charge in [0.2, 0.25) is 0 Å². The van der Waals surface area contributed by atoms with Gasteiger partial charge in [-0.15, -0.1) is 0 Å². The van der Waals surface area contributed by atoms with E-state index in [4.69, 9.17) is 17.0 Å². The summed E-state index contributed by atoms with van der Waals surface area (Å²) in [6, 6.07) is 16.9. The average molecular weight is 518 g/mol. The lowest BCUT2D eigenvalue weighted by Gasteiger charge is -2.32. The number of halogens is 1. The molecule has 0 amide bonds. The second kappa shape index (κ2) is 9.76. The van der Waals surface area contributed by atoms with Crippen LogP contribution in [0, 0.1) is 5.92 Å². The summed E-state index contributed by atoms with van der Waals surface area (Å²) in [7, 11) is 2.11. The molecule has 1 saturated heterocycles. The van der Waals surface area contributed by atoms with Crippen molar-refractivity contribution in [3.63, 3.8) is 0 Å². The number of carbonyl (C=O) groups excluding carboxylic acids is 1. The van der Waals surface area contributed by atoms with E-state index in [1.165, 1.54) is 21.5 Å². The fourth-order valence-electron chi connectivity index (χ4n) is 4.10. The average Bonchev–Trinajstić information content (AvgIpc) is 3.06. The largest absolute Gasteiger partial charge is 0.466 e. The van der Waals surface area contributed by atoms with Gasteiger partial charge in [0.15, 0.2) is 0 Å². The van der Waals surface area contributed by atoms with Gasteiger partial charge in [-0.25, -0.2) is 0 Å². The molecule has 0 spiro atoms. The van der Waals surface area contributed by atoms with E-state index >= 15 is 0 Å². The maximum Gasteiger partial charge on any atom is 0.309 e. The molecule has 0 N–H and O–H groups in total. The van der Waals surface area contributed by atoms with Crippen molar-refractivity contribution in [3.8, 4) is 11.3 Å². The molecule has 0 saturated carbocycles. The zero-order valence-electron chi connectivity index (χ0n) is 17.6. The van der Waals surface area contributed by atoms with E-state index in [1.807, 2.05) is 6.92 Å². The van der Waals surface area contributed by atoms with Crippen LogP contribution in [0.4, 0.5) is 0 Å². The molecule has 0 bridgehead atoms. The molecule has 162 valence electrons. The summed E-state index contributed by atoms with van der Waals surface area (Å²) < 4.78 is 9.36. The predicted molar refractivity (Wildman–Crippen MR) is 135 cm³/mol. The van der Waals surface area contributed by atoms with Gasteiger partial charge in [-0.3, -0.25) is 4.79 Å². The highest BCUT2D eigenvalue weighted by Gasteiger charge is 2.28. The van der Waals surface area contributed by atoms with Crippen molar-refractivity contribution in [2.24, 2.45) is 13.0 Å². The summed E-state index contributed by atoms with van der Waals surface area (Å²) in [4.78, 5) is 15.5. The first kappa shape index (κ1) is 22.4. The molecule has 1 aliphatic heterocycles. The van der Waals surface area contributed by atoms with Crippen LogP contribution in [-0.4, -0.2) is 39.5 Å². The molecule has 0 aliphatic carbocycles. The van der Waals surface area contributed by atoms with Crippen molar-refractivity contribution in [3.05, 3.63) is 53.0 Å². The Morgan fingerprint density at radius 2 is 1.84 bits per heavy atom. The van der Waals surface area contributed by atoms with Crippen molar-refractivity contribution in [1.82, 2.24) is 9.47 Å². The zero-order chi connectivity index (χ0) is 22.0. The standard InChI is InChI=1S/C24H25BrN2O2S2/c1-3-29-23(28)17-12-14-27(15-13-17)24(30)31-22-19-6-4-5-7-20(19)26(2)21(22)16-8-10-18(25)11-9-16/h4-11,17H,3,12-15H2,1-2H3. The molecule has 4 rings (SSSR count). The molecule has 1 fully saturated rings. The molecule has 2 aromatic carbocycles. The van der Waals surface area contributed by atoms with Gasteiger partial charge in [-0.1, -0.05) is 70.2 Å². The van der Waals surface area contributed by atoms with Crippen LogP contribution >= 0.6 is 39.9 Å². The van der Waals surface area contributed by atoms with Gasteiger partial charge in [0, 0.05) is 40.4 Å². The van der Waals surface area contributed by atoms with Crippen LogP contribution in [0.1, 0.15) is 19.8 Å². The van der Waals surface area contributed by atoms with Crippen molar-refractivity contribution in [2.45, 2.75) is 24.7 Å². The van der Waals surface area contributed by atoms with Crippen molar-refractivity contribution < 1.29 is 9.53 Å². The Bertz CT molecular complexity index is 1100. The fraction of sp³-hybridized carbons (Fsp3) is 0.333. The van der Waals surface area contributed by atoms with Gasteiger partial charge in [0.05, 0.1) is 18.2 Å². The molecule has 4 nitrogen and oxygen atoms in total. The first-order chi connectivity index (χ1) is 15.0. The zero-order valence-corrected chi connectivity index (χ0v) is 20.9. The highest BCUT2D eigenvalue weighted by atomic mass is 79.9. The number of hydrogen-bond donors (Lipinski definition) is 0. The number of esters is 1. The number of likely N-dealkylation sites (tertiary alicyclic amines) is 1. The van der Waals surface area contributed by atoms with Crippen LogP contribution in [-0.2, 0) is 16.6 Å². The van der Waals surface area contributed by atoms with E-state index in [2.05, 4.69) is 81.0 Å². The number of ether oxygens (including phenoxy) is 1. The second-order valence-corrected chi connectivity index (χ2v) is 10.2. The minimum atomic E-state index is -0.0766. The number of thioether (sulfide) groups is 1. The van der Waals surface area contributed by atoms with Crippen LogP contribution < -0.4 is 0 Å².